The molecular weight excluding hydrogens is 397 g/mol. The van der Waals surface area contributed by atoms with Gasteiger partial charge in [0.2, 0.25) is 0 Å². The molecular formula is C20H23ClFN5O2. The number of H-pyrrole nitrogens is 1. The third-order valence-electron chi connectivity index (χ3n) is 5.42. The smallest absolute Gasteiger partial charge is 0.183 e. The Morgan fingerprint density at radius 2 is 2.17 bits per heavy atom. The summed E-state index contributed by atoms with van der Waals surface area (Å²) in [4.78, 5) is 15.8. The Morgan fingerprint density at radius 3 is 3.00 bits per heavy atom. The third kappa shape index (κ3) is 4.49. The molecule has 0 aliphatic heterocycles. The van der Waals surface area contributed by atoms with Crippen LogP contribution < -0.4 is 5.32 Å². The van der Waals surface area contributed by atoms with Gasteiger partial charge in [-0.05, 0) is 31.2 Å². The van der Waals surface area contributed by atoms with E-state index in [1.165, 1.54) is 0 Å². The summed E-state index contributed by atoms with van der Waals surface area (Å²) in [5.74, 6) is 0.317. The first kappa shape index (κ1) is 20.0. The number of fused-ring (bicyclic) bond motifs is 1. The Bertz CT molecular complexity index is 998. The summed E-state index contributed by atoms with van der Waals surface area (Å²) in [7, 11) is 0. The zero-order valence-corrected chi connectivity index (χ0v) is 16.5. The second-order valence-corrected chi connectivity index (χ2v) is 8.02. The van der Waals surface area contributed by atoms with Gasteiger partial charge in [-0.3, -0.25) is 0 Å². The highest BCUT2D eigenvalue weighted by Crippen LogP contribution is 2.31. The van der Waals surface area contributed by atoms with Crippen LogP contribution in [-0.4, -0.2) is 48.9 Å². The average Bonchev–Trinajstić information content (AvgIpc) is 3.13. The molecule has 3 heterocycles. The second-order valence-electron chi connectivity index (χ2n) is 7.59. The molecule has 154 valence electrons. The van der Waals surface area contributed by atoms with Crippen LogP contribution in [-0.2, 0) is 0 Å². The Morgan fingerprint density at radius 1 is 1.31 bits per heavy atom. The number of aliphatic hydroxyl groups excluding tert-OH is 2. The van der Waals surface area contributed by atoms with Gasteiger partial charge >= 0.3 is 0 Å². The van der Waals surface area contributed by atoms with Crippen LogP contribution in [0.25, 0.3) is 22.4 Å². The lowest BCUT2D eigenvalue weighted by Crippen LogP contribution is -2.30. The number of nitrogens with zero attached hydrogens (tertiary/aromatic N) is 3. The molecule has 0 aromatic carbocycles. The fourth-order valence-corrected chi connectivity index (χ4v) is 4.21. The monoisotopic (exact) mass is 419 g/mol. The molecule has 0 saturated heterocycles. The number of rotatable bonds is 6. The highest BCUT2D eigenvalue weighted by Gasteiger charge is 2.25. The molecule has 3 atom stereocenters. The minimum atomic E-state index is -0.705. The minimum absolute atomic E-state index is 0.0518. The molecule has 0 bridgehead atoms. The summed E-state index contributed by atoms with van der Waals surface area (Å²) in [6, 6.07) is 1.82. The minimum Gasteiger partial charge on any atom is -0.394 e. The summed E-state index contributed by atoms with van der Waals surface area (Å²) in [5, 5.41) is 23.3. The van der Waals surface area contributed by atoms with E-state index in [1.54, 1.807) is 18.5 Å². The number of nitrogens with one attached hydrogen (secondary N) is 2. The SMILES string of the molecule is OCC(O)CC1CCCC(Nc2nc(-c3c[nH]c4ncc(Cl)cc34)ncc2F)C1. The van der Waals surface area contributed by atoms with Crippen LogP contribution in [0.15, 0.2) is 24.7 Å². The van der Waals surface area contributed by atoms with Crippen LogP contribution in [0, 0.1) is 11.7 Å². The molecule has 9 heteroatoms. The lowest BCUT2D eigenvalue weighted by atomic mass is 9.82. The molecule has 7 nitrogen and oxygen atoms in total. The van der Waals surface area contributed by atoms with Crippen molar-refractivity contribution < 1.29 is 14.6 Å². The van der Waals surface area contributed by atoms with Crippen molar-refractivity contribution in [2.45, 2.75) is 44.2 Å². The molecule has 0 radical (unpaired) electrons. The van der Waals surface area contributed by atoms with Crippen LogP contribution in [0.3, 0.4) is 0 Å². The van der Waals surface area contributed by atoms with Crippen molar-refractivity contribution in [3.05, 3.63) is 35.5 Å². The van der Waals surface area contributed by atoms with E-state index in [2.05, 4.69) is 25.3 Å². The van der Waals surface area contributed by atoms with Gasteiger partial charge in [-0.1, -0.05) is 24.4 Å². The van der Waals surface area contributed by atoms with E-state index in [1.807, 2.05) is 0 Å². The molecule has 29 heavy (non-hydrogen) atoms. The normalized spacial score (nSPS) is 20.7. The van der Waals surface area contributed by atoms with E-state index in [4.69, 9.17) is 16.7 Å². The quantitative estimate of drug-likeness (QED) is 0.487. The second kappa shape index (κ2) is 8.61. The molecule has 1 fully saturated rings. The molecule has 4 rings (SSSR count). The molecule has 1 aliphatic rings. The van der Waals surface area contributed by atoms with Gasteiger partial charge in [0.15, 0.2) is 17.5 Å². The molecule has 3 unspecified atom stereocenters. The van der Waals surface area contributed by atoms with Crippen molar-refractivity contribution in [2.24, 2.45) is 5.92 Å². The number of halogens is 2. The van der Waals surface area contributed by atoms with Crippen LogP contribution in [0.2, 0.25) is 5.02 Å². The third-order valence-corrected chi connectivity index (χ3v) is 5.63. The van der Waals surface area contributed by atoms with Crippen LogP contribution >= 0.6 is 11.6 Å². The van der Waals surface area contributed by atoms with Crippen LogP contribution in [0.1, 0.15) is 32.1 Å². The van der Waals surface area contributed by atoms with E-state index in [0.717, 1.165) is 37.3 Å². The van der Waals surface area contributed by atoms with Gasteiger partial charge in [0, 0.05) is 29.4 Å². The van der Waals surface area contributed by atoms with E-state index in [9.17, 15) is 9.50 Å². The number of aromatic amines is 1. The summed E-state index contributed by atoms with van der Waals surface area (Å²) in [6.07, 6.45) is 7.96. The van der Waals surface area contributed by atoms with E-state index >= 15 is 0 Å². The average molecular weight is 420 g/mol. The molecule has 1 aliphatic carbocycles. The fraction of sp³-hybridized carbons (Fsp3) is 0.450. The highest BCUT2D eigenvalue weighted by molar-refractivity contribution is 6.31. The lowest BCUT2D eigenvalue weighted by molar-refractivity contribution is 0.0672. The molecule has 3 aromatic heterocycles. The van der Waals surface area contributed by atoms with Gasteiger partial charge in [-0.15, -0.1) is 0 Å². The lowest BCUT2D eigenvalue weighted by Gasteiger charge is -2.31. The van der Waals surface area contributed by atoms with Crippen molar-refractivity contribution >= 4 is 28.5 Å². The Hall–Kier alpha value is -2.29. The molecule has 1 saturated carbocycles. The maximum atomic E-state index is 14.4. The van der Waals surface area contributed by atoms with Crippen molar-refractivity contribution in [3.8, 4) is 11.4 Å². The number of pyridine rings is 1. The summed E-state index contributed by atoms with van der Waals surface area (Å²) < 4.78 is 14.4. The fourth-order valence-electron chi connectivity index (χ4n) is 4.05. The molecule has 0 amide bonds. The zero-order valence-electron chi connectivity index (χ0n) is 15.8. The zero-order chi connectivity index (χ0) is 20.4. The van der Waals surface area contributed by atoms with Gasteiger partial charge in [0.1, 0.15) is 5.65 Å². The predicted molar refractivity (Wildman–Crippen MR) is 109 cm³/mol. The number of anilines is 1. The topological polar surface area (TPSA) is 107 Å². The summed E-state index contributed by atoms with van der Waals surface area (Å²) >= 11 is 6.06. The Labute approximate surface area is 172 Å². The van der Waals surface area contributed by atoms with Crippen molar-refractivity contribution in [1.82, 2.24) is 19.9 Å². The van der Waals surface area contributed by atoms with Crippen molar-refractivity contribution in [1.29, 1.82) is 0 Å². The van der Waals surface area contributed by atoms with Crippen molar-refractivity contribution in [3.63, 3.8) is 0 Å². The van der Waals surface area contributed by atoms with Gasteiger partial charge in [0.05, 0.1) is 23.9 Å². The largest absolute Gasteiger partial charge is 0.394 e. The first-order valence-electron chi connectivity index (χ1n) is 9.74. The maximum Gasteiger partial charge on any atom is 0.183 e. The first-order valence-corrected chi connectivity index (χ1v) is 10.1. The van der Waals surface area contributed by atoms with E-state index in [0.29, 0.717) is 28.5 Å². The predicted octanol–water partition coefficient (Wildman–Crippen LogP) is 3.53. The van der Waals surface area contributed by atoms with Crippen molar-refractivity contribution in [2.75, 3.05) is 11.9 Å². The maximum absolute atomic E-state index is 14.4. The Balaban J connectivity index is 1.55. The van der Waals surface area contributed by atoms with Gasteiger partial charge in [0.25, 0.3) is 0 Å². The van der Waals surface area contributed by atoms with Gasteiger partial charge < -0.3 is 20.5 Å². The van der Waals surface area contributed by atoms with Gasteiger partial charge in [-0.2, -0.15) is 0 Å². The molecule has 0 spiro atoms. The van der Waals surface area contributed by atoms with Crippen LogP contribution in [0.5, 0.6) is 0 Å². The number of hydrogen-bond acceptors (Lipinski definition) is 6. The van der Waals surface area contributed by atoms with E-state index in [-0.39, 0.29) is 24.4 Å². The number of aliphatic hydroxyl groups is 2. The number of aromatic nitrogens is 4. The Kier molecular flexibility index (Phi) is 5.94. The molecule has 3 aromatic rings. The highest BCUT2D eigenvalue weighted by atomic mass is 35.5. The van der Waals surface area contributed by atoms with Gasteiger partial charge in [-0.25, -0.2) is 19.3 Å². The van der Waals surface area contributed by atoms with Crippen LogP contribution in [0.4, 0.5) is 10.2 Å². The summed E-state index contributed by atoms with van der Waals surface area (Å²) in [5.41, 5.74) is 1.36. The standard InChI is InChI=1S/C20H23ClFN5O2/c21-12-6-15-16(8-24-18(15)23-7-12)19-25-9-17(22)20(27-19)26-13-3-1-2-11(4-13)5-14(29)10-28/h6-9,11,13-14,28-29H,1-5,10H2,(H,23,24)(H,25,26,27). The first-order chi connectivity index (χ1) is 14.0. The van der Waals surface area contributed by atoms with E-state index < -0.39 is 11.9 Å². The molecule has 4 N–H and O–H groups in total. The summed E-state index contributed by atoms with van der Waals surface area (Å²) in [6.45, 7) is -0.234. The number of hydrogen-bond donors (Lipinski definition) is 4.